The van der Waals surface area contributed by atoms with Gasteiger partial charge in [-0.2, -0.15) is 4.98 Å². The maximum atomic E-state index is 14.0. The molecule has 160 valence electrons. The van der Waals surface area contributed by atoms with Gasteiger partial charge in [0.25, 0.3) is 0 Å². The number of ether oxygens (including phenoxy) is 1. The number of aromatic hydroxyl groups is 1. The number of halogens is 2. The maximum absolute atomic E-state index is 14.0. The molecule has 1 aliphatic rings. The molecule has 0 unspecified atom stereocenters. The van der Waals surface area contributed by atoms with Gasteiger partial charge in [0.05, 0.1) is 5.02 Å². The van der Waals surface area contributed by atoms with E-state index in [2.05, 4.69) is 20.5 Å². The standard InChI is InChI=1S/C23H16ClFN4O2S/c24-16-11-13(9-10-19(16)30)21-26-18-8-4-2-6-15(18)20-22(31-21)27-23(29-28-20)32-12-14-5-1-3-7-17(14)25/h1-11,21,26,30H,12H2/t21-/m0/s1. The number of para-hydroxylation sites is 1. The third kappa shape index (κ3) is 4.06. The summed E-state index contributed by atoms with van der Waals surface area (Å²) in [5, 5.41) is 22.3. The fraction of sp³-hybridized carbons (Fsp3) is 0.0870. The molecule has 6 nitrogen and oxygen atoms in total. The van der Waals surface area contributed by atoms with Crippen molar-refractivity contribution in [3.8, 4) is 22.9 Å². The number of thioether (sulfide) groups is 1. The summed E-state index contributed by atoms with van der Waals surface area (Å²) in [7, 11) is 0. The molecule has 5 rings (SSSR count). The summed E-state index contributed by atoms with van der Waals surface area (Å²) in [6, 6.07) is 19.0. The number of benzene rings is 3. The van der Waals surface area contributed by atoms with E-state index < -0.39 is 6.23 Å². The molecule has 3 aromatic carbocycles. The van der Waals surface area contributed by atoms with Crippen LogP contribution in [0.2, 0.25) is 5.02 Å². The minimum absolute atomic E-state index is 0.0133. The van der Waals surface area contributed by atoms with E-state index in [0.717, 1.165) is 11.3 Å². The Balaban J connectivity index is 1.50. The number of nitrogens with zero attached hydrogens (tertiary/aromatic N) is 3. The Labute approximate surface area is 192 Å². The van der Waals surface area contributed by atoms with Crippen LogP contribution < -0.4 is 10.1 Å². The van der Waals surface area contributed by atoms with Crippen LogP contribution in [0.15, 0.2) is 71.9 Å². The number of fused-ring (bicyclic) bond motifs is 3. The molecule has 0 fully saturated rings. The Morgan fingerprint density at radius 1 is 1.06 bits per heavy atom. The third-order valence-electron chi connectivity index (χ3n) is 4.92. The van der Waals surface area contributed by atoms with Crippen LogP contribution in [0.25, 0.3) is 11.3 Å². The van der Waals surface area contributed by atoms with Crippen LogP contribution >= 0.6 is 23.4 Å². The largest absolute Gasteiger partial charge is 0.506 e. The van der Waals surface area contributed by atoms with Gasteiger partial charge in [0.2, 0.25) is 11.0 Å². The summed E-state index contributed by atoms with van der Waals surface area (Å²) in [5.74, 6) is 0.364. The van der Waals surface area contributed by atoms with Crippen LogP contribution in [0.3, 0.4) is 0 Å². The zero-order valence-corrected chi connectivity index (χ0v) is 18.1. The van der Waals surface area contributed by atoms with Gasteiger partial charge in [0.15, 0.2) is 11.9 Å². The lowest BCUT2D eigenvalue weighted by molar-refractivity contribution is 0.225. The van der Waals surface area contributed by atoms with E-state index in [-0.39, 0.29) is 16.6 Å². The number of phenolic OH excluding ortho intramolecular Hbond substituents is 1. The van der Waals surface area contributed by atoms with E-state index in [9.17, 15) is 9.50 Å². The van der Waals surface area contributed by atoms with E-state index in [0.29, 0.717) is 33.6 Å². The summed E-state index contributed by atoms with van der Waals surface area (Å²) in [6.45, 7) is 0. The van der Waals surface area contributed by atoms with Gasteiger partial charge in [-0.05, 0) is 35.9 Å². The van der Waals surface area contributed by atoms with Gasteiger partial charge in [-0.1, -0.05) is 59.8 Å². The van der Waals surface area contributed by atoms with Crippen molar-refractivity contribution in [1.29, 1.82) is 0 Å². The predicted octanol–water partition coefficient (Wildman–Crippen LogP) is 5.83. The third-order valence-corrected chi connectivity index (χ3v) is 6.11. The number of hydrogen-bond acceptors (Lipinski definition) is 7. The SMILES string of the molecule is Oc1ccc([C@H]2Nc3ccccc3-c3nnc(SCc4ccccc4F)nc3O2)cc1Cl. The van der Waals surface area contributed by atoms with Crippen molar-refractivity contribution in [2.45, 2.75) is 17.1 Å². The molecule has 9 heteroatoms. The highest BCUT2D eigenvalue weighted by molar-refractivity contribution is 7.98. The quantitative estimate of drug-likeness (QED) is 0.366. The minimum atomic E-state index is -0.628. The van der Waals surface area contributed by atoms with Crippen LogP contribution in [-0.2, 0) is 5.75 Å². The van der Waals surface area contributed by atoms with Crippen molar-refractivity contribution in [2.75, 3.05) is 5.32 Å². The molecule has 0 amide bonds. The van der Waals surface area contributed by atoms with Crippen molar-refractivity contribution in [3.63, 3.8) is 0 Å². The van der Waals surface area contributed by atoms with Crippen LogP contribution in [0, 0.1) is 5.82 Å². The molecule has 0 radical (unpaired) electrons. The summed E-state index contributed by atoms with van der Waals surface area (Å²) in [6.07, 6.45) is -0.628. The lowest BCUT2D eigenvalue weighted by atomic mass is 10.1. The van der Waals surface area contributed by atoms with Crippen molar-refractivity contribution in [3.05, 3.63) is 88.7 Å². The highest BCUT2D eigenvalue weighted by Crippen LogP contribution is 2.40. The summed E-state index contributed by atoms with van der Waals surface area (Å²) < 4.78 is 20.1. The molecule has 0 saturated heterocycles. The van der Waals surface area contributed by atoms with Crippen molar-refractivity contribution in [1.82, 2.24) is 15.2 Å². The lowest BCUT2D eigenvalue weighted by Crippen LogP contribution is -2.17. The highest BCUT2D eigenvalue weighted by atomic mass is 35.5. The van der Waals surface area contributed by atoms with Gasteiger partial charge >= 0.3 is 0 Å². The topological polar surface area (TPSA) is 80.2 Å². The monoisotopic (exact) mass is 466 g/mol. The minimum Gasteiger partial charge on any atom is -0.506 e. The molecule has 4 aromatic rings. The van der Waals surface area contributed by atoms with E-state index >= 15 is 0 Å². The van der Waals surface area contributed by atoms with E-state index in [1.165, 1.54) is 23.9 Å². The van der Waals surface area contributed by atoms with Gasteiger partial charge in [0, 0.05) is 22.6 Å². The first-order valence-corrected chi connectivity index (χ1v) is 11.1. The lowest BCUT2D eigenvalue weighted by Gasteiger charge is -2.19. The fourth-order valence-electron chi connectivity index (χ4n) is 3.30. The molecule has 0 aliphatic carbocycles. The van der Waals surface area contributed by atoms with Crippen molar-refractivity contribution >= 4 is 29.1 Å². The molecule has 32 heavy (non-hydrogen) atoms. The molecule has 0 saturated carbocycles. The second-order valence-electron chi connectivity index (χ2n) is 7.03. The molecule has 1 atom stereocenters. The second-order valence-corrected chi connectivity index (χ2v) is 8.38. The molecule has 2 heterocycles. The van der Waals surface area contributed by atoms with Gasteiger partial charge in [0.1, 0.15) is 11.6 Å². The Hall–Kier alpha value is -3.36. The summed E-state index contributed by atoms with van der Waals surface area (Å²) in [5.41, 5.74) is 3.34. The summed E-state index contributed by atoms with van der Waals surface area (Å²) >= 11 is 7.38. The van der Waals surface area contributed by atoms with Gasteiger partial charge in [-0.15, -0.1) is 10.2 Å². The van der Waals surface area contributed by atoms with E-state index in [1.54, 1.807) is 30.3 Å². The Kier molecular flexibility index (Phi) is 5.55. The molecule has 2 N–H and O–H groups in total. The zero-order chi connectivity index (χ0) is 22.1. The number of anilines is 1. The smallest absolute Gasteiger partial charge is 0.247 e. The Bertz CT molecular complexity index is 1310. The zero-order valence-electron chi connectivity index (χ0n) is 16.5. The first-order valence-electron chi connectivity index (χ1n) is 9.70. The Morgan fingerprint density at radius 3 is 2.72 bits per heavy atom. The van der Waals surface area contributed by atoms with Crippen molar-refractivity contribution in [2.24, 2.45) is 0 Å². The summed E-state index contributed by atoms with van der Waals surface area (Å²) in [4.78, 5) is 4.55. The molecular formula is C23H16ClFN4O2S. The van der Waals surface area contributed by atoms with Crippen molar-refractivity contribution < 1.29 is 14.2 Å². The number of phenols is 1. The number of rotatable bonds is 4. The predicted molar refractivity (Wildman–Crippen MR) is 121 cm³/mol. The molecular weight excluding hydrogens is 451 g/mol. The van der Waals surface area contributed by atoms with Gasteiger partial charge in [-0.3, -0.25) is 0 Å². The molecule has 1 aliphatic heterocycles. The van der Waals surface area contributed by atoms with Gasteiger partial charge in [-0.25, -0.2) is 4.39 Å². The van der Waals surface area contributed by atoms with E-state index in [4.69, 9.17) is 16.3 Å². The number of aromatic nitrogens is 3. The first-order chi connectivity index (χ1) is 15.6. The highest BCUT2D eigenvalue weighted by Gasteiger charge is 2.26. The van der Waals surface area contributed by atoms with E-state index in [1.807, 2.05) is 24.3 Å². The van der Waals surface area contributed by atoms with Gasteiger partial charge < -0.3 is 15.2 Å². The average molecular weight is 467 g/mol. The van der Waals surface area contributed by atoms with Crippen LogP contribution in [0.5, 0.6) is 11.6 Å². The number of nitrogens with one attached hydrogen (secondary N) is 1. The molecule has 0 bridgehead atoms. The van der Waals surface area contributed by atoms with Crippen LogP contribution in [0.1, 0.15) is 17.4 Å². The molecule has 0 spiro atoms. The number of hydrogen-bond donors (Lipinski definition) is 2. The van der Waals surface area contributed by atoms with Crippen LogP contribution in [-0.4, -0.2) is 20.3 Å². The molecule has 1 aromatic heterocycles. The van der Waals surface area contributed by atoms with Crippen LogP contribution in [0.4, 0.5) is 10.1 Å². The first kappa shape index (κ1) is 20.5. The Morgan fingerprint density at radius 2 is 1.88 bits per heavy atom. The second kappa shape index (κ2) is 8.64. The maximum Gasteiger partial charge on any atom is 0.247 e. The normalized spacial score (nSPS) is 14.5. The fourth-order valence-corrected chi connectivity index (χ4v) is 4.26. The average Bonchev–Trinajstić information content (AvgIpc) is 2.97.